The van der Waals surface area contributed by atoms with Gasteiger partial charge in [0.1, 0.15) is 0 Å². The second-order valence-electron chi connectivity index (χ2n) is 5.20. The van der Waals surface area contributed by atoms with Gasteiger partial charge in [0.05, 0.1) is 14.2 Å². The van der Waals surface area contributed by atoms with Gasteiger partial charge in [-0.1, -0.05) is 33.8 Å². The molecule has 0 aromatic heterocycles. The lowest BCUT2D eigenvalue weighted by molar-refractivity contribution is 0.333. The van der Waals surface area contributed by atoms with E-state index in [4.69, 9.17) is 9.47 Å². The number of hydrogen-bond acceptors (Lipinski definition) is 2. The number of rotatable bonds is 3. The molecule has 0 N–H and O–H groups in total. The Bertz CT molecular complexity index is 350. The Labute approximate surface area is 98.6 Å². The summed E-state index contributed by atoms with van der Waals surface area (Å²) in [6.45, 7) is 8.97. The van der Waals surface area contributed by atoms with Crippen molar-refractivity contribution in [3.05, 3.63) is 23.8 Å². The zero-order valence-electron chi connectivity index (χ0n) is 11.1. The van der Waals surface area contributed by atoms with Crippen LogP contribution in [0.25, 0.3) is 0 Å². The van der Waals surface area contributed by atoms with Crippen LogP contribution in [0.5, 0.6) is 11.5 Å². The highest BCUT2D eigenvalue weighted by molar-refractivity contribution is 5.44. The molecule has 1 unspecified atom stereocenters. The van der Waals surface area contributed by atoms with Gasteiger partial charge in [-0.05, 0) is 29.0 Å². The first-order valence-corrected chi connectivity index (χ1v) is 5.62. The summed E-state index contributed by atoms with van der Waals surface area (Å²) < 4.78 is 10.5. The molecule has 2 nitrogen and oxygen atoms in total. The largest absolute Gasteiger partial charge is 0.493 e. The molecule has 0 bridgehead atoms. The number of ether oxygens (including phenoxy) is 2. The molecule has 0 aliphatic rings. The van der Waals surface area contributed by atoms with E-state index >= 15 is 0 Å². The van der Waals surface area contributed by atoms with Crippen molar-refractivity contribution in [2.75, 3.05) is 14.2 Å². The van der Waals surface area contributed by atoms with Gasteiger partial charge in [0.2, 0.25) is 0 Å². The minimum atomic E-state index is 0.250. The molecule has 0 amide bonds. The van der Waals surface area contributed by atoms with Crippen LogP contribution >= 0.6 is 0 Å². The van der Waals surface area contributed by atoms with Gasteiger partial charge in [-0.25, -0.2) is 0 Å². The molecule has 0 fully saturated rings. The van der Waals surface area contributed by atoms with Crippen molar-refractivity contribution >= 4 is 0 Å². The summed E-state index contributed by atoms with van der Waals surface area (Å²) >= 11 is 0. The first-order valence-electron chi connectivity index (χ1n) is 5.62. The van der Waals surface area contributed by atoms with Crippen LogP contribution in [0.4, 0.5) is 0 Å². The molecule has 0 spiro atoms. The smallest absolute Gasteiger partial charge is 0.160 e. The molecule has 0 saturated heterocycles. The molecule has 1 aromatic rings. The highest BCUT2D eigenvalue weighted by atomic mass is 16.5. The minimum Gasteiger partial charge on any atom is -0.493 e. The Morgan fingerprint density at radius 2 is 1.56 bits per heavy atom. The molecule has 0 radical (unpaired) electrons. The topological polar surface area (TPSA) is 18.5 Å². The molecule has 2 heteroatoms. The Morgan fingerprint density at radius 3 is 2.00 bits per heavy atom. The molecular weight excluding hydrogens is 200 g/mol. The SMILES string of the molecule is COc1ccc(C(C)C(C)(C)C)cc1OC. The second-order valence-corrected chi connectivity index (χ2v) is 5.20. The van der Waals surface area contributed by atoms with Crippen molar-refractivity contribution in [3.63, 3.8) is 0 Å². The van der Waals surface area contributed by atoms with Crippen molar-refractivity contribution in [1.29, 1.82) is 0 Å². The minimum absolute atomic E-state index is 0.250. The van der Waals surface area contributed by atoms with Crippen molar-refractivity contribution in [3.8, 4) is 11.5 Å². The van der Waals surface area contributed by atoms with Crippen LogP contribution in [-0.2, 0) is 0 Å². The second kappa shape index (κ2) is 4.77. The third-order valence-electron chi connectivity index (χ3n) is 3.21. The lowest BCUT2D eigenvalue weighted by Crippen LogP contribution is -2.15. The van der Waals surface area contributed by atoms with E-state index < -0.39 is 0 Å². The summed E-state index contributed by atoms with van der Waals surface area (Å²) in [6.07, 6.45) is 0. The zero-order chi connectivity index (χ0) is 12.3. The van der Waals surface area contributed by atoms with Gasteiger partial charge in [-0.15, -0.1) is 0 Å². The van der Waals surface area contributed by atoms with E-state index in [1.165, 1.54) is 5.56 Å². The highest BCUT2D eigenvalue weighted by Gasteiger charge is 2.22. The van der Waals surface area contributed by atoms with E-state index in [1.54, 1.807) is 14.2 Å². The maximum atomic E-state index is 5.31. The van der Waals surface area contributed by atoms with Crippen molar-refractivity contribution in [2.45, 2.75) is 33.6 Å². The maximum absolute atomic E-state index is 5.31. The lowest BCUT2D eigenvalue weighted by atomic mass is 9.78. The fourth-order valence-corrected chi connectivity index (χ4v) is 1.62. The average molecular weight is 222 g/mol. The van der Waals surface area contributed by atoms with Gasteiger partial charge < -0.3 is 9.47 Å². The molecule has 0 saturated carbocycles. The molecular formula is C14H22O2. The molecule has 0 aliphatic heterocycles. The van der Waals surface area contributed by atoms with E-state index in [1.807, 2.05) is 6.07 Å². The Balaban J connectivity index is 3.08. The Morgan fingerprint density at radius 1 is 1.00 bits per heavy atom. The fraction of sp³-hybridized carbons (Fsp3) is 0.571. The molecule has 0 aliphatic carbocycles. The average Bonchev–Trinajstić information content (AvgIpc) is 2.25. The molecule has 1 rings (SSSR count). The van der Waals surface area contributed by atoms with Gasteiger partial charge >= 0.3 is 0 Å². The third kappa shape index (κ3) is 2.69. The van der Waals surface area contributed by atoms with E-state index in [-0.39, 0.29) is 5.41 Å². The molecule has 0 heterocycles. The molecule has 1 aromatic carbocycles. The lowest BCUT2D eigenvalue weighted by Gasteiger charge is -2.28. The number of methoxy groups -OCH3 is 2. The van der Waals surface area contributed by atoms with E-state index in [0.717, 1.165) is 11.5 Å². The fourth-order valence-electron chi connectivity index (χ4n) is 1.62. The van der Waals surface area contributed by atoms with E-state index in [0.29, 0.717) is 5.92 Å². The predicted octanol–water partition coefficient (Wildman–Crippen LogP) is 3.85. The van der Waals surface area contributed by atoms with Gasteiger partial charge in [-0.2, -0.15) is 0 Å². The summed E-state index contributed by atoms with van der Waals surface area (Å²) in [6, 6.07) is 6.14. The predicted molar refractivity (Wildman–Crippen MR) is 67.4 cm³/mol. The van der Waals surface area contributed by atoms with Crippen LogP contribution in [0.15, 0.2) is 18.2 Å². The summed E-state index contributed by atoms with van der Waals surface area (Å²) in [5, 5.41) is 0. The van der Waals surface area contributed by atoms with Crippen LogP contribution < -0.4 is 9.47 Å². The standard InChI is InChI=1S/C14H22O2/c1-10(14(2,3)4)11-7-8-12(15-5)13(9-11)16-6/h7-10H,1-6H3. The Kier molecular flexibility index (Phi) is 3.84. The van der Waals surface area contributed by atoms with Gasteiger partial charge in [0.25, 0.3) is 0 Å². The van der Waals surface area contributed by atoms with Crippen LogP contribution in [0, 0.1) is 5.41 Å². The summed E-state index contributed by atoms with van der Waals surface area (Å²) in [5.74, 6) is 2.07. The van der Waals surface area contributed by atoms with Crippen molar-refractivity contribution < 1.29 is 9.47 Å². The van der Waals surface area contributed by atoms with Gasteiger partial charge in [-0.3, -0.25) is 0 Å². The van der Waals surface area contributed by atoms with E-state index in [2.05, 4.69) is 39.8 Å². The number of hydrogen-bond donors (Lipinski definition) is 0. The van der Waals surface area contributed by atoms with Crippen molar-refractivity contribution in [2.24, 2.45) is 5.41 Å². The molecule has 16 heavy (non-hydrogen) atoms. The summed E-state index contributed by atoms with van der Waals surface area (Å²) in [7, 11) is 3.33. The quantitative estimate of drug-likeness (QED) is 0.773. The third-order valence-corrected chi connectivity index (χ3v) is 3.21. The highest BCUT2D eigenvalue weighted by Crippen LogP contribution is 2.38. The van der Waals surface area contributed by atoms with Crippen LogP contribution in [0.3, 0.4) is 0 Å². The first kappa shape index (κ1) is 12.9. The van der Waals surface area contributed by atoms with Gasteiger partial charge in [0.15, 0.2) is 11.5 Å². The zero-order valence-corrected chi connectivity index (χ0v) is 11.1. The monoisotopic (exact) mass is 222 g/mol. The van der Waals surface area contributed by atoms with Gasteiger partial charge in [0, 0.05) is 0 Å². The maximum Gasteiger partial charge on any atom is 0.160 e. The summed E-state index contributed by atoms with van der Waals surface area (Å²) in [4.78, 5) is 0. The molecule has 1 atom stereocenters. The van der Waals surface area contributed by atoms with Crippen molar-refractivity contribution in [1.82, 2.24) is 0 Å². The van der Waals surface area contributed by atoms with Crippen LogP contribution in [0.1, 0.15) is 39.2 Å². The first-order chi connectivity index (χ1) is 7.40. The molecule has 90 valence electrons. The Hall–Kier alpha value is -1.18. The van der Waals surface area contributed by atoms with Crippen LogP contribution in [0.2, 0.25) is 0 Å². The van der Waals surface area contributed by atoms with Crippen LogP contribution in [-0.4, -0.2) is 14.2 Å². The number of benzene rings is 1. The van der Waals surface area contributed by atoms with E-state index in [9.17, 15) is 0 Å². The normalized spacial score (nSPS) is 13.4. The summed E-state index contributed by atoms with van der Waals surface area (Å²) in [5.41, 5.74) is 1.53.